The lowest BCUT2D eigenvalue weighted by molar-refractivity contribution is -0.137. The number of carbonyl (C=O) groups excluding carboxylic acids is 2. The summed E-state index contributed by atoms with van der Waals surface area (Å²) < 4.78 is 0. The Morgan fingerprint density at radius 2 is 1.96 bits per heavy atom. The first-order valence-corrected chi connectivity index (χ1v) is 8.86. The van der Waals surface area contributed by atoms with Crippen LogP contribution >= 0.6 is 0 Å². The van der Waals surface area contributed by atoms with E-state index in [0.29, 0.717) is 18.7 Å². The Balaban J connectivity index is 1.43. The maximum absolute atomic E-state index is 12.9. The normalized spacial score (nSPS) is 20.2. The van der Waals surface area contributed by atoms with Crippen LogP contribution in [0, 0.1) is 5.92 Å². The Morgan fingerprint density at radius 1 is 1.12 bits per heavy atom. The van der Waals surface area contributed by atoms with Gasteiger partial charge in [0.1, 0.15) is 0 Å². The number of piperidine rings is 1. The van der Waals surface area contributed by atoms with E-state index in [1.807, 2.05) is 40.1 Å². The molecule has 0 saturated carbocycles. The second-order valence-electron chi connectivity index (χ2n) is 6.84. The van der Waals surface area contributed by atoms with Crippen LogP contribution in [0.15, 0.2) is 36.5 Å². The van der Waals surface area contributed by atoms with Crippen LogP contribution in [0.3, 0.4) is 0 Å². The summed E-state index contributed by atoms with van der Waals surface area (Å²) >= 11 is 0. The first kappa shape index (κ1) is 15.9. The van der Waals surface area contributed by atoms with E-state index in [4.69, 9.17) is 0 Å². The molecule has 1 atom stereocenters. The Kier molecular flexibility index (Phi) is 4.26. The average molecular weight is 338 g/mol. The van der Waals surface area contributed by atoms with Gasteiger partial charge in [0, 0.05) is 49.4 Å². The summed E-state index contributed by atoms with van der Waals surface area (Å²) in [5.74, 6) is 0.0844. The van der Waals surface area contributed by atoms with Crippen molar-refractivity contribution in [2.24, 2.45) is 5.92 Å². The average Bonchev–Trinajstić information content (AvgIpc) is 3.15. The molecule has 1 N–H and O–H groups in total. The number of nitrogens with one attached hydrogen (secondary N) is 1. The highest BCUT2D eigenvalue weighted by Crippen LogP contribution is 2.24. The number of benzene rings is 1. The molecule has 0 bridgehead atoms. The van der Waals surface area contributed by atoms with E-state index in [2.05, 4.69) is 10.2 Å². The number of hydrogen-bond acceptors (Lipinski definition) is 3. The molecule has 2 aliphatic heterocycles. The number of amides is 2. The summed E-state index contributed by atoms with van der Waals surface area (Å²) in [5.41, 5.74) is 2.93. The van der Waals surface area contributed by atoms with Gasteiger partial charge in [-0.15, -0.1) is 0 Å². The molecule has 1 saturated heterocycles. The maximum atomic E-state index is 12.9. The largest absolute Gasteiger partial charge is 0.338 e. The molecule has 25 heavy (non-hydrogen) atoms. The van der Waals surface area contributed by atoms with E-state index < -0.39 is 0 Å². The molecule has 6 heteroatoms. The molecule has 0 radical (unpaired) electrons. The lowest BCUT2D eigenvalue weighted by Crippen LogP contribution is -2.47. The molecular formula is C19H22N4O2. The highest BCUT2D eigenvalue weighted by molar-refractivity contribution is 5.94. The fraction of sp³-hybridized carbons (Fsp3) is 0.421. The summed E-state index contributed by atoms with van der Waals surface area (Å²) in [5, 5.41) is 7.06. The standard InChI is InChI=1S/C19H22N4O2/c24-18(14-5-2-1-3-6-14)22-9-4-7-15(12-22)19(25)23-10-8-17-16(13-23)11-20-21-17/h1-3,5-6,11,15H,4,7-10,12-13H2,(H,20,21). The van der Waals surface area contributed by atoms with E-state index in [0.717, 1.165) is 43.6 Å². The van der Waals surface area contributed by atoms with Gasteiger partial charge in [-0.1, -0.05) is 18.2 Å². The number of nitrogens with zero attached hydrogens (tertiary/aromatic N) is 3. The molecule has 2 aromatic rings. The Bertz CT molecular complexity index is 771. The number of likely N-dealkylation sites (tertiary alicyclic amines) is 1. The van der Waals surface area contributed by atoms with E-state index in [-0.39, 0.29) is 17.7 Å². The molecule has 6 nitrogen and oxygen atoms in total. The van der Waals surface area contributed by atoms with Crippen LogP contribution in [0.2, 0.25) is 0 Å². The zero-order valence-corrected chi connectivity index (χ0v) is 14.1. The lowest BCUT2D eigenvalue weighted by Gasteiger charge is -2.36. The lowest BCUT2D eigenvalue weighted by atomic mass is 9.94. The van der Waals surface area contributed by atoms with Crippen molar-refractivity contribution < 1.29 is 9.59 Å². The monoisotopic (exact) mass is 338 g/mol. The van der Waals surface area contributed by atoms with Crippen molar-refractivity contribution in [3.05, 3.63) is 53.3 Å². The third-order valence-corrected chi connectivity index (χ3v) is 5.19. The predicted molar refractivity (Wildman–Crippen MR) is 92.8 cm³/mol. The van der Waals surface area contributed by atoms with Gasteiger partial charge < -0.3 is 9.80 Å². The second kappa shape index (κ2) is 6.70. The van der Waals surface area contributed by atoms with Crippen molar-refractivity contribution in [1.29, 1.82) is 0 Å². The van der Waals surface area contributed by atoms with E-state index in [9.17, 15) is 9.59 Å². The molecule has 4 rings (SSSR count). The molecule has 1 aromatic carbocycles. The first-order chi connectivity index (χ1) is 12.2. The number of hydrogen-bond donors (Lipinski definition) is 1. The number of rotatable bonds is 2. The molecule has 2 aliphatic rings. The Labute approximate surface area is 146 Å². The van der Waals surface area contributed by atoms with Crippen LogP contribution in [-0.4, -0.2) is 51.4 Å². The van der Waals surface area contributed by atoms with Crippen molar-refractivity contribution in [2.75, 3.05) is 19.6 Å². The third-order valence-electron chi connectivity index (χ3n) is 5.19. The summed E-state index contributed by atoms with van der Waals surface area (Å²) in [6.45, 7) is 2.58. The summed E-state index contributed by atoms with van der Waals surface area (Å²) in [4.78, 5) is 29.4. The zero-order chi connectivity index (χ0) is 17.2. The van der Waals surface area contributed by atoms with Crippen LogP contribution in [0.25, 0.3) is 0 Å². The summed E-state index contributed by atoms with van der Waals surface area (Å²) in [6, 6.07) is 9.31. The number of carbonyl (C=O) groups is 2. The third kappa shape index (κ3) is 3.16. The van der Waals surface area contributed by atoms with Crippen molar-refractivity contribution in [3.63, 3.8) is 0 Å². The van der Waals surface area contributed by atoms with Gasteiger partial charge >= 0.3 is 0 Å². The van der Waals surface area contributed by atoms with Crippen molar-refractivity contribution >= 4 is 11.8 Å². The molecule has 1 fully saturated rings. The quantitative estimate of drug-likeness (QED) is 0.908. The van der Waals surface area contributed by atoms with Crippen LogP contribution in [-0.2, 0) is 17.8 Å². The topological polar surface area (TPSA) is 69.3 Å². The first-order valence-electron chi connectivity index (χ1n) is 8.86. The fourth-order valence-corrected chi connectivity index (χ4v) is 3.79. The fourth-order valence-electron chi connectivity index (χ4n) is 3.79. The minimum absolute atomic E-state index is 0.0221. The predicted octanol–water partition coefficient (Wildman–Crippen LogP) is 1.85. The number of aromatic nitrogens is 2. The minimum Gasteiger partial charge on any atom is -0.338 e. The summed E-state index contributed by atoms with van der Waals surface area (Å²) in [6.07, 6.45) is 4.35. The molecule has 1 aromatic heterocycles. The highest BCUT2D eigenvalue weighted by Gasteiger charge is 2.33. The molecule has 130 valence electrons. The van der Waals surface area contributed by atoms with Crippen LogP contribution in [0.1, 0.15) is 34.5 Å². The van der Waals surface area contributed by atoms with Crippen molar-refractivity contribution in [1.82, 2.24) is 20.0 Å². The zero-order valence-electron chi connectivity index (χ0n) is 14.1. The van der Waals surface area contributed by atoms with Gasteiger partial charge in [-0.25, -0.2) is 0 Å². The number of fused-ring (bicyclic) bond motifs is 1. The highest BCUT2D eigenvalue weighted by atomic mass is 16.2. The molecule has 0 aliphatic carbocycles. The molecule has 3 heterocycles. The minimum atomic E-state index is -0.102. The van der Waals surface area contributed by atoms with Gasteiger partial charge in [0.05, 0.1) is 12.1 Å². The van der Waals surface area contributed by atoms with Crippen molar-refractivity contribution in [2.45, 2.75) is 25.8 Å². The molecule has 1 unspecified atom stereocenters. The number of H-pyrrole nitrogens is 1. The van der Waals surface area contributed by atoms with E-state index in [1.165, 1.54) is 0 Å². The van der Waals surface area contributed by atoms with Crippen LogP contribution in [0.5, 0.6) is 0 Å². The van der Waals surface area contributed by atoms with Crippen LogP contribution < -0.4 is 0 Å². The SMILES string of the molecule is O=C(c1ccccc1)N1CCCC(C(=O)N2CCc3[nH]ncc3C2)C1. The number of aromatic amines is 1. The van der Waals surface area contributed by atoms with Crippen molar-refractivity contribution in [3.8, 4) is 0 Å². The van der Waals surface area contributed by atoms with Gasteiger partial charge in [-0.2, -0.15) is 5.10 Å². The van der Waals surface area contributed by atoms with Gasteiger partial charge in [0.2, 0.25) is 5.91 Å². The molecule has 0 spiro atoms. The smallest absolute Gasteiger partial charge is 0.253 e. The van der Waals surface area contributed by atoms with Gasteiger partial charge in [0.15, 0.2) is 0 Å². The molecular weight excluding hydrogens is 316 g/mol. The van der Waals surface area contributed by atoms with E-state index >= 15 is 0 Å². The molecule has 2 amide bonds. The maximum Gasteiger partial charge on any atom is 0.253 e. The van der Waals surface area contributed by atoms with E-state index in [1.54, 1.807) is 6.20 Å². The van der Waals surface area contributed by atoms with Gasteiger partial charge in [-0.3, -0.25) is 14.7 Å². The van der Waals surface area contributed by atoms with Gasteiger partial charge in [0.25, 0.3) is 5.91 Å². The van der Waals surface area contributed by atoms with Gasteiger partial charge in [-0.05, 0) is 25.0 Å². The Hall–Kier alpha value is -2.63. The summed E-state index contributed by atoms with van der Waals surface area (Å²) in [7, 11) is 0. The van der Waals surface area contributed by atoms with Crippen LogP contribution in [0.4, 0.5) is 0 Å². The Morgan fingerprint density at radius 3 is 2.80 bits per heavy atom. The second-order valence-corrected chi connectivity index (χ2v) is 6.84.